The Kier molecular flexibility index (Phi) is 6.29. The predicted octanol–water partition coefficient (Wildman–Crippen LogP) is 2.20. The lowest BCUT2D eigenvalue weighted by Crippen LogP contribution is -2.52. The molecule has 0 bridgehead atoms. The van der Waals surface area contributed by atoms with Gasteiger partial charge in [0.25, 0.3) is 0 Å². The van der Waals surface area contributed by atoms with E-state index in [4.69, 9.17) is 9.47 Å². The summed E-state index contributed by atoms with van der Waals surface area (Å²) in [5.41, 5.74) is 0.0364. The highest BCUT2D eigenvalue weighted by atomic mass is 32.2. The Morgan fingerprint density at radius 3 is 2.12 bits per heavy atom. The van der Waals surface area contributed by atoms with Gasteiger partial charge in [-0.25, -0.2) is 4.39 Å². The Bertz CT molecular complexity index is 689. The zero-order valence-corrected chi connectivity index (χ0v) is 14.8. The van der Waals surface area contributed by atoms with Crippen LogP contribution in [0.25, 0.3) is 0 Å². The summed E-state index contributed by atoms with van der Waals surface area (Å²) in [7, 11) is 0. The topological polar surface area (TPSA) is 79.2 Å². The van der Waals surface area contributed by atoms with Crippen molar-refractivity contribution < 1.29 is 29.2 Å². The van der Waals surface area contributed by atoms with Crippen LogP contribution in [0.2, 0.25) is 0 Å². The van der Waals surface area contributed by atoms with Crippen LogP contribution >= 0.6 is 11.8 Å². The van der Waals surface area contributed by atoms with Crippen molar-refractivity contribution in [1.29, 1.82) is 0 Å². The number of alkyl halides is 1. The Morgan fingerprint density at radius 1 is 1.00 bits per heavy atom. The van der Waals surface area contributed by atoms with Gasteiger partial charge in [-0.2, -0.15) is 0 Å². The predicted molar refractivity (Wildman–Crippen MR) is 95.7 cm³/mol. The molecule has 140 valence electrons. The molecule has 1 aliphatic heterocycles. The molecule has 0 aromatic heterocycles. The number of rotatable bonds is 7. The fraction of sp³-hybridized carbons (Fsp3) is 0.368. The second-order valence-electron chi connectivity index (χ2n) is 6.06. The molecule has 3 N–H and O–H groups in total. The maximum Gasteiger partial charge on any atom is 0.218 e. The van der Waals surface area contributed by atoms with Gasteiger partial charge in [0, 0.05) is 0 Å². The minimum absolute atomic E-state index is 0.0626. The molecule has 1 aliphatic rings. The van der Waals surface area contributed by atoms with Crippen molar-refractivity contribution in [1.82, 2.24) is 0 Å². The third-order valence-corrected chi connectivity index (χ3v) is 5.56. The highest BCUT2D eigenvalue weighted by molar-refractivity contribution is 8.00. The molecule has 5 atom stereocenters. The van der Waals surface area contributed by atoms with Gasteiger partial charge in [0.15, 0.2) is 12.5 Å². The molecule has 2 unspecified atom stereocenters. The number of hydrogen-bond donors (Lipinski definition) is 3. The van der Waals surface area contributed by atoms with E-state index >= 15 is 0 Å². The van der Waals surface area contributed by atoms with E-state index in [-0.39, 0.29) is 13.2 Å². The molecule has 0 amide bonds. The molecule has 0 saturated carbocycles. The third-order valence-electron chi connectivity index (χ3n) is 4.17. The van der Waals surface area contributed by atoms with E-state index in [0.29, 0.717) is 11.8 Å². The Balaban J connectivity index is 1.67. The Morgan fingerprint density at radius 2 is 1.54 bits per heavy atom. The van der Waals surface area contributed by atoms with Crippen molar-refractivity contribution in [2.75, 3.05) is 0 Å². The summed E-state index contributed by atoms with van der Waals surface area (Å²) < 4.78 is 25.2. The first-order valence-electron chi connectivity index (χ1n) is 8.22. The van der Waals surface area contributed by atoms with Crippen LogP contribution in [0, 0.1) is 0 Å². The largest absolute Gasteiger partial charge is 0.379 e. The summed E-state index contributed by atoms with van der Waals surface area (Å²) >= 11 is 0.690. The first-order chi connectivity index (χ1) is 12.5. The molecular weight excluding hydrogens is 359 g/mol. The van der Waals surface area contributed by atoms with Crippen LogP contribution in [0.1, 0.15) is 11.1 Å². The van der Waals surface area contributed by atoms with Gasteiger partial charge >= 0.3 is 0 Å². The number of aliphatic hydroxyl groups is 3. The Labute approximate surface area is 155 Å². The van der Waals surface area contributed by atoms with Crippen molar-refractivity contribution in [2.45, 2.75) is 42.1 Å². The number of benzene rings is 2. The molecule has 5 nitrogen and oxygen atoms in total. The molecular formula is C19H21FO5S. The molecule has 0 aliphatic carbocycles. The lowest BCUT2D eigenvalue weighted by Gasteiger charge is -2.33. The van der Waals surface area contributed by atoms with Crippen LogP contribution in [-0.2, 0) is 22.7 Å². The fourth-order valence-electron chi connectivity index (χ4n) is 2.73. The van der Waals surface area contributed by atoms with Crippen LogP contribution in [-0.4, -0.2) is 44.3 Å². The summed E-state index contributed by atoms with van der Waals surface area (Å²) in [6.45, 7) is 0.0217. The molecule has 1 heterocycles. The summed E-state index contributed by atoms with van der Waals surface area (Å²) in [5.74, 6) is -2.37. The van der Waals surface area contributed by atoms with Gasteiger partial charge in [-0.1, -0.05) is 60.7 Å². The van der Waals surface area contributed by atoms with Crippen molar-refractivity contribution in [2.24, 2.45) is 0 Å². The summed E-state index contributed by atoms with van der Waals surface area (Å²) in [4.78, 5) is 0. The highest BCUT2D eigenvalue weighted by Crippen LogP contribution is 2.45. The molecule has 7 heteroatoms. The molecule has 2 aromatic carbocycles. The number of thioether (sulfide) groups is 1. The maximum absolute atomic E-state index is 14.4. The maximum atomic E-state index is 14.4. The normalized spacial score (nSPS) is 29.6. The molecule has 1 fully saturated rings. The van der Waals surface area contributed by atoms with E-state index in [9.17, 15) is 19.7 Å². The molecule has 26 heavy (non-hydrogen) atoms. The van der Waals surface area contributed by atoms with Crippen molar-refractivity contribution >= 4 is 11.8 Å². The van der Waals surface area contributed by atoms with Gasteiger partial charge in [-0.05, 0) is 11.1 Å². The van der Waals surface area contributed by atoms with E-state index in [1.165, 1.54) is 0 Å². The van der Waals surface area contributed by atoms with E-state index in [2.05, 4.69) is 0 Å². The van der Waals surface area contributed by atoms with E-state index in [1.54, 1.807) is 24.3 Å². The molecule has 3 rings (SSSR count). The number of ether oxygens (including phenoxy) is 2. The van der Waals surface area contributed by atoms with Crippen LogP contribution in [0.15, 0.2) is 60.7 Å². The Hall–Kier alpha value is -1.48. The van der Waals surface area contributed by atoms with Crippen molar-refractivity contribution in [3.05, 3.63) is 71.8 Å². The first-order valence-corrected chi connectivity index (χ1v) is 9.16. The van der Waals surface area contributed by atoms with E-state index < -0.39 is 28.9 Å². The van der Waals surface area contributed by atoms with E-state index in [1.807, 2.05) is 36.4 Å². The third kappa shape index (κ3) is 4.25. The average Bonchev–Trinajstić information content (AvgIpc) is 2.91. The monoisotopic (exact) mass is 380 g/mol. The second kappa shape index (κ2) is 8.47. The van der Waals surface area contributed by atoms with Crippen molar-refractivity contribution in [3.63, 3.8) is 0 Å². The average molecular weight is 380 g/mol. The SMILES string of the molecule is OC1S[C@H](C(O)OCc2ccccc2)[C@](O)(OCc2ccccc2)[C@@H]1F. The summed E-state index contributed by atoms with van der Waals surface area (Å²) in [6, 6.07) is 18.1. The van der Waals surface area contributed by atoms with Gasteiger partial charge in [-0.15, -0.1) is 11.8 Å². The number of hydrogen-bond acceptors (Lipinski definition) is 6. The molecule has 0 radical (unpaired) electrons. The van der Waals surface area contributed by atoms with Gasteiger partial charge in [0.1, 0.15) is 10.7 Å². The fourth-order valence-corrected chi connectivity index (χ4v) is 3.97. The molecule has 2 aromatic rings. The molecule has 0 spiro atoms. The second-order valence-corrected chi connectivity index (χ2v) is 7.33. The standard InChI is InChI=1S/C19H21FO5S/c20-15-18(22)26-16(17(21)24-11-13-7-3-1-4-8-13)19(15,23)25-12-14-9-5-2-6-10-14/h1-10,15-18,21-23H,11-12H2/t15-,16-,17?,18?,19-/m1/s1. The number of aliphatic hydroxyl groups excluding tert-OH is 2. The lowest BCUT2D eigenvalue weighted by molar-refractivity contribution is -0.273. The quantitative estimate of drug-likeness (QED) is 0.639. The van der Waals surface area contributed by atoms with Gasteiger partial charge < -0.3 is 24.8 Å². The van der Waals surface area contributed by atoms with E-state index in [0.717, 1.165) is 11.1 Å². The minimum Gasteiger partial charge on any atom is -0.379 e. The zero-order valence-electron chi connectivity index (χ0n) is 13.9. The van der Waals surface area contributed by atoms with Crippen LogP contribution < -0.4 is 0 Å². The molecule has 1 saturated heterocycles. The van der Waals surface area contributed by atoms with Crippen molar-refractivity contribution in [3.8, 4) is 0 Å². The minimum atomic E-state index is -2.37. The van der Waals surface area contributed by atoms with Gasteiger partial charge in [0.05, 0.1) is 13.2 Å². The van der Waals surface area contributed by atoms with Crippen LogP contribution in [0.5, 0.6) is 0 Å². The van der Waals surface area contributed by atoms with Gasteiger partial charge in [0.2, 0.25) is 5.79 Å². The smallest absolute Gasteiger partial charge is 0.218 e. The van der Waals surface area contributed by atoms with Crippen LogP contribution in [0.3, 0.4) is 0 Å². The van der Waals surface area contributed by atoms with Crippen LogP contribution in [0.4, 0.5) is 4.39 Å². The first kappa shape index (κ1) is 19.3. The highest BCUT2D eigenvalue weighted by Gasteiger charge is 2.60. The summed E-state index contributed by atoms with van der Waals surface area (Å²) in [6.07, 6.45) is -3.59. The zero-order chi connectivity index (χ0) is 18.6. The lowest BCUT2D eigenvalue weighted by atomic mass is 10.1. The number of halogens is 1. The summed E-state index contributed by atoms with van der Waals surface area (Å²) in [5, 5.41) is 29.6. The van der Waals surface area contributed by atoms with Gasteiger partial charge in [-0.3, -0.25) is 0 Å².